The molecule has 0 saturated carbocycles. The van der Waals surface area contributed by atoms with Crippen molar-refractivity contribution in [3.63, 3.8) is 0 Å². The molecule has 72 heavy (non-hydrogen) atoms. The molecule has 8 rings (SSSR count). The number of rotatable bonds is 0. The van der Waals surface area contributed by atoms with Crippen LogP contribution in [0, 0.1) is 23.7 Å². The second-order valence-corrected chi connectivity index (χ2v) is 25.2. The SMILES string of the molecule is C1=C2CCCCCCCCCCC(CCC1)O2.CC1C=C2CCCCCCCCCCC(CC1)O2.CC1C=C2CCCCCCCCCCC(CC1C)O2.CC1CC=C2CCCCCCCCCCC(C1)O2. The van der Waals surface area contributed by atoms with Gasteiger partial charge in [0.05, 0.1) is 47.5 Å². The van der Waals surface area contributed by atoms with Gasteiger partial charge in [-0.3, -0.25) is 0 Å². The maximum atomic E-state index is 6.33. The van der Waals surface area contributed by atoms with Crippen LogP contribution in [0.15, 0.2) is 47.3 Å². The van der Waals surface area contributed by atoms with Crippen LogP contribution in [0.4, 0.5) is 0 Å². The Bertz CT molecular complexity index is 1460. The summed E-state index contributed by atoms with van der Waals surface area (Å²) in [5.41, 5.74) is 0. The normalized spacial score (nSPS) is 31.9. The highest BCUT2D eigenvalue weighted by Crippen LogP contribution is 2.33. The van der Waals surface area contributed by atoms with Gasteiger partial charge in [-0.15, -0.1) is 0 Å². The lowest BCUT2D eigenvalue weighted by Crippen LogP contribution is -2.16. The Morgan fingerprint density at radius 1 is 0.306 bits per heavy atom. The summed E-state index contributed by atoms with van der Waals surface area (Å²) in [6.07, 6.45) is 76.6. The quantitative estimate of drug-likeness (QED) is 0.242. The van der Waals surface area contributed by atoms with E-state index < -0.39 is 0 Å². The zero-order chi connectivity index (χ0) is 50.5. The van der Waals surface area contributed by atoms with E-state index in [1.807, 2.05) is 0 Å². The van der Waals surface area contributed by atoms with Crippen LogP contribution in [0.5, 0.6) is 0 Å². The highest BCUT2D eigenvalue weighted by atomic mass is 16.5. The first-order chi connectivity index (χ1) is 35.4. The van der Waals surface area contributed by atoms with E-state index in [0.29, 0.717) is 30.3 Å². The van der Waals surface area contributed by atoms with Crippen LogP contribution in [-0.2, 0) is 18.9 Å². The Hall–Kier alpha value is -1.84. The molecular weight excluding hydrogens is 881 g/mol. The molecule has 0 spiro atoms. The summed E-state index contributed by atoms with van der Waals surface area (Å²) < 4.78 is 25.0. The van der Waals surface area contributed by atoms with Gasteiger partial charge >= 0.3 is 0 Å². The average molecular weight is 1000 g/mol. The van der Waals surface area contributed by atoms with Crippen molar-refractivity contribution in [2.45, 2.75) is 360 Å². The molecule has 0 amide bonds. The van der Waals surface area contributed by atoms with Crippen molar-refractivity contribution in [2.75, 3.05) is 0 Å². The Morgan fingerprint density at radius 2 is 0.653 bits per heavy atom. The summed E-state index contributed by atoms with van der Waals surface area (Å²) in [6, 6.07) is 0. The number of hydrogen-bond donors (Lipinski definition) is 0. The molecule has 4 nitrogen and oxygen atoms in total. The summed E-state index contributed by atoms with van der Waals surface area (Å²) in [7, 11) is 0. The third kappa shape index (κ3) is 28.9. The molecule has 8 bridgehead atoms. The van der Waals surface area contributed by atoms with Gasteiger partial charge in [0.15, 0.2) is 0 Å². The Kier molecular flexibility index (Phi) is 33.5. The monoisotopic (exact) mass is 1000 g/mol. The Balaban J connectivity index is 0.000000178. The van der Waals surface area contributed by atoms with E-state index >= 15 is 0 Å². The van der Waals surface area contributed by atoms with E-state index in [1.54, 1.807) is 0 Å². The molecule has 4 fully saturated rings. The summed E-state index contributed by atoms with van der Waals surface area (Å²) in [6.45, 7) is 9.47. The maximum absolute atomic E-state index is 6.33. The second kappa shape index (κ2) is 39.5. The summed E-state index contributed by atoms with van der Waals surface area (Å²) in [5.74, 6) is 8.22. The van der Waals surface area contributed by atoms with E-state index in [1.165, 1.54) is 331 Å². The number of ether oxygens (including phenoxy) is 4. The number of fused-ring (bicyclic) bond motifs is 8. The highest BCUT2D eigenvalue weighted by molar-refractivity contribution is 5.02. The number of hydrogen-bond acceptors (Lipinski definition) is 4. The predicted molar refractivity (Wildman–Crippen MR) is 310 cm³/mol. The molecule has 0 aliphatic carbocycles. The van der Waals surface area contributed by atoms with Gasteiger partial charge in [-0.2, -0.15) is 0 Å². The molecular formula is C68H120O4. The molecule has 416 valence electrons. The molecule has 0 aromatic rings. The molecule has 0 aromatic heterocycles. The molecule has 8 unspecified atom stereocenters. The molecule has 8 aliphatic rings. The summed E-state index contributed by atoms with van der Waals surface area (Å²) in [5, 5.41) is 0. The van der Waals surface area contributed by atoms with Crippen molar-refractivity contribution in [3.05, 3.63) is 47.3 Å². The number of allylic oxidation sites excluding steroid dienone is 8. The van der Waals surface area contributed by atoms with Crippen molar-refractivity contribution in [1.29, 1.82) is 0 Å². The van der Waals surface area contributed by atoms with Gasteiger partial charge in [-0.25, -0.2) is 0 Å². The fraction of sp³-hybridized carbons (Fsp3) is 0.882. The predicted octanol–water partition coefficient (Wildman–Crippen LogP) is 22.4. The molecule has 8 heterocycles. The molecule has 4 saturated heterocycles. The van der Waals surface area contributed by atoms with Crippen molar-refractivity contribution in [2.24, 2.45) is 23.7 Å². The van der Waals surface area contributed by atoms with Crippen LogP contribution in [0.25, 0.3) is 0 Å². The highest BCUT2D eigenvalue weighted by Gasteiger charge is 2.24. The molecule has 4 heteroatoms. The fourth-order valence-electron chi connectivity index (χ4n) is 13.0. The average Bonchev–Trinajstić information content (AvgIpc) is 3.81. The largest absolute Gasteiger partial charge is 0.495 e. The van der Waals surface area contributed by atoms with E-state index in [9.17, 15) is 0 Å². The van der Waals surface area contributed by atoms with Crippen LogP contribution in [0.1, 0.15) is 336 Å². The topological polar surface area (TPSA) is 36.9 Å². The summed E-state index contributed by atoms with van der Waals surface area (Å²) >= 11 is 0. The second-order valence-electron chi connectivity index (χ2n) is 25.2. The van der Waals surface area contributed by atoms with Crippen molar-refractivity contribution in [3.8, 4) is 0 Å². The fourth-order valence-corrected chi connectivity index (χ4v) is 13.0. The van der Waals surface area contributed by atoms with E-state index in [2.05, 4.69) is 52.0 Å². The van der Waals surface area contributed by atoms with Gasteiger partial charge in [0.1, 0.15) is 0 Å². The van der Waals surface area contributed by atoms with Crippen molar-refractivity contribution < 1.29 is 18.9 Å². The molecule has 8 aliphatic heterocycles. The van der Waals surface area contributed by atoms with Gasteiger partial charge in [-0.1, -0.05) is 182 Å². The van der Waals surface area contributed by atoms with Crippen LogP contribution < -0.4 is 0 Å². The maximum Gasteiger partial charge on any atom is 0.0985 e. The first kappa shape index (κ1) is 61.0. The van der Waals surface area contributed by atoms with Gasteiger partial charge in [0.2, 0.25) is 0 Å². The van der Waals surface area contributed by atoms with Crippen LogP contribution in [0.3, 0.4) is 0 Å². The molecule has 0 aromatic carbocycles. The van der Waals surface area contributed by atoms with Crippen LogP contribution in [0.2, 0.25) is 0 Å². The van der Waals surface area contributed by atoms with Crippen molar-refractivity contribution in [1.82, 2.24) is 0 Å². The van der Waals surface area contributed by atoms with Gasteiger partial charge < -0.3 is 18.9 Å². The molecule has 0 radical (unpaired) electrons. The minimum atomic E-state index is 0.493. The summed E-state index contributed by atoms with van der Waals surface area (Å²) in [4.78, 5) is 0. The minimum absolute atomic E-state index is 0.493. The first-order valence-corrected chi connectivity index (χ1v) is 32.9. The third-order valence-corrected chi connectivity index (χ3v) is 18.0. The van der Waals surface area contributed by atoms with Gasteiger partial charge in [-0.05, 0) is 176 Å². The van der Waals surface area contributed by atoms with Crippen LogP contribution in [-0.4, -0.2) is 24.4 Å². The van der Waals surface area contributed by atoms with Crippen molar-refractivity contribution >= 4 is 0 Å². The first-order valence-electron chi connectivity index (χ1n) is 32.9. The standard InChI is InChI=1S/C18H32O.2C17H30O.C16H28O/c1-15-13-17-11-9-7-5-3-4-6-8-10-12-18(19-17)14-16(15)2;2*1-15-12-13-16-10-8-6-4-2-3-5-7-9-11-17(14-15)18-16;1-2-4-6-8-12-16-14-10-9-13-15(17-16)11-7-5-3-1/h13,15-16,18H,3-12,14H2,1-2H3;14-16H,2-13H2,1H3;13,15,17H,2-12,14H2,1H3;13,16H,1-12,14H2. The third-order valence-electron chi connectivity index (χ3n) is 18.0. The lowest BCUT2D eigenvalue weighted by molar-refractivity contribution is 0.0853. The zero-order valence-electron chi connectivity index (χ0n) is 48.5. The minimum Gasteiger partial charge on any atom is -0.495 e. The van der Waals surface area contributed by atoms with E-state index in [-0.39, 0.29) is 0 Å². The van der Waals surface area contributed by atoms with E-state index in [4.69, 9.17) is 18.9 Å². The molecule has 0 N–H and O–H groups in total. The van der Waals surface area contributed by atoms with E-state index in [0.717, 1.165) is 17.8 Å². The van der Waals surface area contributed by atoms with Gasteiger partial charge in [0.25, 0.3) is 0 Å². The smallest absolute Gasteiger partial charge is 0.0985 e. The van der Waals surface area contributed by atoms with Crippen LogP contribution >= 0.6 is 0 Å². The molecule has 8 atom stereocenters. The zero-order valence-corrected chi connectivity index (χ0v) is 48.5. The Morgan fingerprint density at radius 3 is 1.17 bits per heavy atom. The lowest BCUT2D eigenvalue weighted by atomic mass is 9.89. The lowest BCUT2D eigenvalue weighted by Gasteiger charge is -2.21. The Labute approximate surface area is 448 Å². The van der Waals surface area contributed by atoms with Gasteiger partial charge in [0, 0.05) is 25.7 Å².